The molecule has 1 heterocycles. The lowest BCUT2D eigenvalue weighted by molar-refractivity contribution is -0.165. The van der Waals surface area contributed by atoms with Crippen molar-refractivity contribution in [3.05, 3.63) is 0 Å². The number of rotatable bonds is 9. The number of hydrogen-bond donors (Lipinski definition) is 0. The van der Waals surface area contributed by atoms with Crippen molar-refractivity contribution < 1.29 is 23.8 Å². The van der Waals surface area contributed by atoms with Crippen LogP contribution in [0.15, 0.2) is 0 Å². The Morgan fingerprint density at radius 3 is 2.20 bits per heavy atom. The zero-order valence-corrected chi connectivity index (χ0v) is 17.5. The second-order valence-corrected chi connectivity index (χ2v) is 8.00. The number of esters is 2. The van der Waals surface area contributed by atoms with Gasteiger partial charge in [0.25, 0.3) is 0 Å². The summed E-state index contributed by atoms with van der Waals surface area (Å²) in [6.07, 6.45) is 6.49. The Labute approximate surface area is 160 Å². The fourth-order valence-corrected chi connectivity index (χ4v) is 3.77. The van der Waals surface area contributed by atoms with Gasteiger partial charge in [0.05, 0.1) is 12.2 Å². The van der Waals surface area contributed by atoms with E-state index in [0.717, 1.165) is 44.9 Å². The van der Waals surface area contributed by atoms with Crippen LogP contribution in [-0.2, 0) is 23.8 Å². The van der Waals surface area contributed by atoms with Gasteiger partial charge in [0.2, 0.25) is 0 Å². The lowest BCUT2D eigenvalue weighted by Gasteiger charge is -2.32. The van der Waals surface area contributed by atoms with Crippen molar-refractivity contribution in [2.75, 3.05) is 0 Å². The molecule has 0 aliphatic carbocycles. The maximum absolute atomic E-state index is 11.6. The third-order valence-electron chi connectivity index (χ3n) is 4.54. The molecule has 25 heavy (non-hydrogen) atoms. The largest absolute Gasteiger partial charge is 0.462 e. The summed E-state index contributed by atoms with van der Waals surface area (Å²) in [5.74, 6) is -0.621. The Hall–Kier alpha value is -0.620. The molecule has 1 aliphatic rings. The predicted molar refractivity (Wildman–Crippen MR) is 101 cm³/mol. The first kappa shape index (κ1) is 22.4. The predicted octanol–water partition coefficient (Wildman–Crippen LogP) is 4.54. The first-order valence-electron chi connectivity index (χ1n) is 9.51. The number of hydrogen-bond acceptors (Lipinski definition) is 5. The number of alkyl halides is 1. The van der Waals surface area contributed by atoms with E-state index in [4.69, 9.17) is 14.2 Å². The zero-order valence-electron chi connectivity index (χ0n) is 16.0. The van der Waals surface area contributed by atoms with Crippen LogP contribution in [0.4, 0.5) is 0 Å². The van der Waals surface area contributed by atoms with E-state index >= 15 is 0 Å². The van der Waals surface area contributed by atoms with Crippen molar-refractivity contribution in [1.29, 1.82) is 0 Å². The molecule has 6 heteroatoms. The van der Waals surface area contributed by atoms with E-state index in [9.17, 15) is 9.59 Å². The van der Waals surface area contributed by atoms with Gasteiger partial charge in [0.1, 0.15) is 12.2 Å². The summed E-state index contributed by atoms with van der Waals surface area (Å²) in [4.78, 5) is 23.3. The highest BCUT2D eigenvalue weighted by Crippen LogP contribution is 2.29. The van der Waals surface area contributed by atoms with E-state index in [1.807, 2.05) is 6.92 Å². The second kappa shape index (κ2) is 11.9. The van der Waals surface area contributed by atoms with Crippen molar-refractivity contribution >= 4 is 27.9 Å². The third-order valence-corrected chi connectivity index (χ3v) is 5.78. The van der Waals surface area contributed by atoms with E-state index < -0.39 is 0 Å². The normalized spacial score (nSPS) is 24.7. The van der Waals surface area contributed by atoms with Crippen LogP contribution < -0.4 is 0 Å². The molecular weight excluding hydrogens is 388 g/mol. The average Bonchev–Trinajstić information content (AvgIpc) is 2.78. The number of carbonyl (C=O) groups excluding carboxylic acids is 2. The SMILES string of the molecule is CCC[C@H](C[C@H](OC(C)=O)[C@@H]1CCCC[C@H](C(Br)CC)O1)OC(C)=O. The Morgan fingerprint density at radius 2 is 1.68 bits per heavy atom. The first-order valence-corrected chi connectivity index (χ1v) is 10.4. The fraction of sp³-hybridized carbons (Fsp3) is 0.895. The minimum absolute atomic E-state index is 0.119. The summed E-state index contributed by atoms with van der Waals surface area (Å²) in [6.45, 7) is 7.01. The van der Waals surface area contributed by atoms with Gasteiger partial charge in [-0.3, -0.25) is 9.59 Å². The van der Waals surface area contributed by atoms with Crippen LogP contribution in [0.2, 0.25) is 0 Å². The van der Waals surface area contributed by atoms with Gasteiger partial charge in [0, 0.05) is 25.1 Å². The molecule has 0 N–H and O–H groups in total. The van der Waals surface area contributed by atoms with Gasteiger partial charge >= 0.3 is 11.9 Å². The van der Waals surface area contributed by atoms with Crippen LogP contribution in [0.25, 0.3) is 0 Å². The minimum atomic E-state index is -0.384. The quantitative estimate of drug-likeness (QED) is 0.404. The van der Waals surface area contributed by atoms with Gasteiger partial charge in [0.15, 0.2) is 0 Å². The van der Waals surface area contributed by atoms with Gasteiger partial charge in [-0.2, -0.15) is 0 Å². The Kier molecular flexibility index (Phi) is 10.7. The van der Waals surface area contributed by atoms with Gasteiger partial charge in [-0.05, 0) is 25.7 Å². The van der Waals surface area contributed by atoms with Crippen molar-refractivity contribution in [1.82, 2.24) is 0 Å². The molecule has 0 aromatic rings. The number of carbonyl (C=O) groups is 2. The van der Waals surface area contributed by atoms with E-state index in [1.54, 1.807) is 0 Å². The molecule has 1 saturated heterocycles. The van der Waals surface area contributed by atoms with Gasteiger partial charge in [-0.15, -0.1) is 0 Å². The Bertz CT molecular complexity index is 415. The molecule has 146 valence electrons. The van der Waals surface area contributed by atoms with E-state index in [2.05, 4.69) is 22.9 Å². The molecule has 0 bridgehead atoms. The molecule has 0 radical (unpaired) electrons. The highest BCUT2D eigenvalue weighted by molar-refractivity contribution is 9.09. The molecule has 1 rings (SSSR count). The van der Waals surface area contributed by atoms with Crippen LogP contribution in [0, 0.1) is 0 Å². The molecule has 5 atom stereocenters. The smallest absolute Gasteiger partial charge is 0.302 e. The summed E-state index contributed by atoms with van der Waals surface area (Å²) < 4.78 is 17.4. The van der Waals surface area contributed by atoms with Crippen molar-refractivity contribution in [2.45, 2.75) is 108 Å². The minimum Gasteiger partial charge on any atom is -0.462 e. The van der Waals surface area contributed by atoms with Gasteiger partial charge < -0.3 is 14.2 Å². The summed E-state index contributed by atoms with van der Waals surface area (Å²) in [5, 5.41) is 0. The lowest BCUT2D eigenvalue weighted by atomic mass is 9.99. The molecule has 0 aromatic carbocycles. The fourth-order valence-electron chi connectivity index (χ4n) is 3.38. The topological polar surface area (TPSA) is 61.8 Å². The first-order chi connectivity index (χ1) is 11.9. The molecule has 0 amide bonds. The van der Waals surface area contributed by atoms with Crippen LogP contribution in [0.5, 0.6) is 0 Å². The van der Waals surface area contributed by atoms with Crippen molar-refractivity contribution in [2.24, 2.45) is 0 Å². The highest BCUT2D eigenvalue weighted by atomic mass is 79.9. The van der Waals surface area contributed by atoms with Crippen molar-refractivity contribution in [3.63, 3.8) is 0 Å². The summed E-state index contributed by atoms with van der Waals surface area (Å²) in [5.41, 5.74) is 0. The molecule has 5 nitrogen and oxygen atoms in total. The van der Waals surface area contributed by atoms with E-state index in [0.29, 0.717) is 11.2 Å². The summed E-state index contributed by atoms with van der Waals surface area (Å²) in [7, 11) is 0. The van der Waals surface area contributed by atoms with E-state index in [-0.39, 0.29) is 36.4 Å². The van der Waals surface area contributed by atoms with Crippen LogP contribution in [0.3, 0.4) is 0 Å². The lowest BCUT2D eigenvalue weighted by Crippen LogP contribution is -2.40. The van der Waals surface area contributed by atoms with Crippen molar-refractivity contribution in [3.8, 4) is 0 Å². The molecule has 1 fully saturated rings. The van der Waals surface area contributed by atoms with Crippen LogP contribution in [0.1, 0.15) is 79.1 Å². The molecule has 0 aromatic heterocycles. The summed E-state index contributed by atoms with van der Waals surface area (Å²) >= 11 is 3.71. The maximum Gasteiger partial charge on any atom is 0.302 e. The summed E-state index contributed by atoms with van der Waals surface area (Å²) in [6, 6.07) is 0. The van der Waals surface area contributed by atoms with E-state index in [1.165, 1.54) is 13.8 Å². The number of halogens is 1. The number of ether oxygens (including phenoxy) is 3. The molecule has 1 unspecified atom stereocenters. The van der Waals surface area contributed by atoms with Gasteiger partial charge in [-0.1, -0.05) is 49.0 Å². The average molecular weight is 421 g/mol. The molecule has 0 saturated carbocycles. The second-order valence-electron chi connectivity index (χ2n) is 6.83. The third kappa shape index (κ3) is 8.54. The monoisotopic (exact) mass is 420 g/mol. The molecule has 1 aliphatic heterocycles. The maximum atomic E-state index is 11.6. The highest BCUT2D eigenvalue weighted by Gasteiger charge is 2.34. The standard InChI is InChI=1S/C19H33BrO5/c1-5-9-15(23-13(3)21)12-19(24-14(4)22)18-11-8-7-10-17(25-18)16(20)6-2/h15-19H,5-12H2,1-4H3/t15-,16?,17-,18+,19+/m1/s1. The van der Waals surface area contributed by atoms with Crippen LogP contribution in [-0.4, -0.2) is 41.2 Å². The van der Waals surface area contributed by atoms with Crippen LogP contribution >= 0.6 is 15.9 Å². The zero-order chi connectivity index (χ0) is 18.8. The Morgan fingerprint density at radius 1 is 1.08 bits per heavy atom. The molecular formula is C19H33BrO5. The molecule has 0 spiro atoms. The van der Waals surface area contributed by atoms with Gasteiger partial charge in [-0.25, -0.2) is 0 Å². The Balaban J connectivity index is 2.86.